The zero-order valence-electron chi connectivity index (χ0n) is 63.1. The Morgan fingerprint density at radius 2 is 1.46 bits per heavy atom. The maximum absolute atomic E-state index is 14.6. The van der Waals surface area contributed by atoms with Crippen molar-refractivity contribution in [2.75, 3.05) is 81.3 Å². The Balaban J connectivity index is 1.97. The van der Waals surface area contributed by atoms with Crippen LogP contribution in [-0.4, -0.2) is 222 Å². The van der Waals surface area contributed by atoms with Crippen LogP contribution in [0, 0.1) is 29.6 Å². The molecule has 0 saturated heterocycles. The molecule has 4 N–H and O–H groups in total. The van der Waals surface area contributed by atoms with Gasteiger partial charge in [0.2, 0.25) is 17.7 Å². The number of thiazole rings is 1. The van der Waals surface area contributed by atoms with Gasteiger partial charge in [-0.25, -0.2) is 24.6 Å². The Bertz CT molecular complexity index is 3320. The Kier molecular flexibility index (Phi) is 38.2. The molecule has 2 aromatic rings. The summed E-state index contributed by atoms with van der Waals surface area (Å²) in [6.07, 6.45) is 2.01. The van der Waals surface area contributed by atoms with E-state index in [1.54, 1.807) is 64.3 Å². The Morgan fingerprint density at radius 1 is 0.816 bits per heavy atom. The zero-order valence-corrected chi connectivity index (χ0v) is 63.9. The summed E-state index contributed by atoms with van der Waals surface area (Å²) in [7, 11) is 8.44. The van der Waals surface area contributed by atoms with E-state index in [1.807, 2.05) is 67.5 Å². The van der Waals surface area contributed by atoms with Gasteiger partial charge in [-0.2, -0.15) is 0 Å². The summed E-state index contributed by atoms with van der Waals surface area (Å²) in [6, 6.07) is 2.95. The Morgan fingerprint density at radius 3 is 2.06 bits per heavy atom. The van der Waals surface area contributed by atoms with Crippen LogP contribution in [0.15, 0.2) is 47.9 Å². The molecule has 0 fully saturated rings. The molecule has 28 nitrogen and oxygen atoms in total. The molecular formula is C74H111N9O19S. The smallest absolute Gasteiger partial charge is 0.409 e. The quantitative estimate of drug-likeness (QED) is 0.0465. The van der Waals surface area contributed by atoms with Gasteiger partial charge in [-0.15, -0.1) is 11.3 Å². The molecule has 3 rings (SSSR count). The van der Waals surface area contributed by atoms with Gasteiger partial charge in [0.05, 0.1) is 44.4 Å². The van der Waals surface area contributed by atoms with E-state index in [-0.39, 0.29) is 150 Å². The number of hydrazine groups is 1. The third kappa shape index (κ3) is 30.4. The normalized spacial score (nSPS) is 18.5. The van der Waals surface area contributed by atoms with Crippen LogP contribution in [0.2, 0.25) is 0 Å². The number of nitrogens with zero attached hydrogens (tertiary/aromatic N) is 6. The number of hydrogen-bond donors (Lipinski definition) is 4. The van der Waals surface area contributed by atoms with Gasteiger partial charge in [0, 0.05) is 145 Å². The number of likely N-dealkylation sites (N-methyl/N-ethyl adjacent to an activating group) is 1. The van der Waals surface area contributed by atoms with Crippen LogP contribution < -0.4 is 20.7 Å². The lowest BCUT2D eigenvalue weighted by Crippen LogP contribution is -2.50. The molecule has 7 amide bonds. The topological polar surface area (TPSA) is 361 Å². The van der Waals surface area contributed by atoms with Gasteiger partial charge >= 0.3 is 18.0 Å². The first-order valence-corrected chi connectivity index (χ1v) is 36.3. The van der Waals surface area contributed by atoms with Crippen molar-refractivity contribution in [1.29, 1.82) is 0 Å². The summed E-state index contributed by atoms with van der Waals surface area (Å²) in [5.41, 5.74) is 0.191. The molecule has 1 aliphatic rings. The first-order valence-electron chi connectivity index (χ1n) is 35.4. The van der Waals surface area contributed by atoms with E-state index in [0.717, 1.165) is 33.5 Å². The molecular weight excluding hydrogens is 1350 g/mol. The van der Waals surface area contributed by atoms with Crippen molar-refractivity contribution < 1.29 is 91.2 Å². The van der Waals surface area contributed by atoms with Crippen molar-refractivity contribution in [3.05, 3.63) is 69.7 Å². The van der Waals surface area contributed by atoms with E-state index in [9.17, 15) is 72.2 Å². The third-order valence-electron chi connectivity index (χ3n) is 18.1. The third-order valence-corrected chi connectivity index (χ3v) is 19.1. The number of benzene rings is 1. The lowest BCUT2D eigenvalue weighted by molar-refractivity contribution is -0.158. The highest BCUT2D eigenvalue weighted by Crippen LogP contribution is 2.34. The van der Waals surface area contributed by atoms with Gasteiger partial charge < -0.3 is 49.8 Å². The monoisotopic (exact) mass is 1460 g/mol. The predicted molar refractivity (Wildman–Crippen MR) is 385 cm³/mol. The van der Waals surface area contributed by atoms with Gasteiger partial charge in [-0.1, -0.05) is 80.4 Å². The number of Topliss-reactive ketones (excluding diaryl/α,β-unsaturated/α-hetero) is 4. The van der Waals surface area contributed by atoms with Gasteiger partial charge in [0.1, 0.15) is 28.0 Å². The van der Waals surface area contributed by atoms with Crippen LogP contribution in [-0.2, 0) is 84.6 Å². The van der Waals surface area contributed by atoms with Gasteiger partial charge in [0.25, 0.3) is 17.7 Å². The molecule has 572 valence electrons. The fourth-order valence-corrected chi connectivity index (χ4v) is 11.9. The molecule has 0 bridgehead atoms. The molecule has 103 heavy (non-hydrogen) atoms. The first-order chi connectivity index (χ1) is 48.4. The number of carbonyl (C=O) groups excluding carboxylic acids is 13. The zero-order chi connectivity index (χ0) is 77.4. The number of allylic oxidation sites excluding steroid dienone is 1. The number of carboxylic acids is 1. The van der Waals surface area contributed by atoms with Gasteiger partial charge in [-0.3, -0.25) is 62.4 Å². The molecule has 1 aliphatic heterocycles. The molecule has 29 heteroatoms. The highest BCUT2D eigenvalue weighted by atomic mass is 32.1. The van der Waals surface area contributed by atoms with Crippen LogP contribution in [0.25, 0.3) is 0 Å². The number of ether oxygens (including phenoxy) is 4. The van der Waals surface area contributed by atoms with Crippen molar-refractivity contribution in [3.8, 4) is 5.75 Å². The number of ketones is 5. The molecule has 2 unspecified atom stereocenters. The molecule has 7 atom stereocenters. The number of carbonyl (C=O) groups is 14. The van der Waals surface area contributed by atoms with Crippen molar-refractivity contribution >= 4 is 93.7 Å². The number of fused-ring (bicyclic) bond motifs is 1. The fraction of sp³-hybridized carbons (Fsp3) is 0.635. The average Bonchev–Trinajstić information content (AvgIpc) is 1.82. The summed E-state index contributed by atoms with van der Waals surface area (Å²) in [5, 5.41) is 21.3. The second-order valence-corrected chi connectivity index (χ2v) is 28.6. The van der Waals surface area contributed by atoms with Gasteiger partial charge in [0.15, 0.2) is 23.5 Å². The summed E-state index contributed by atoms with van der Waals surface area (Å²) < 4.78 is 23.2. The fourth-order valence-electron chi connectivity index (χ4n) is 11.1. The van der Waals surface area contributed by atoms with Crippen LogP contribution in [0.1, 0.15) is 186 Å². The minimum atomic E-state index is -1.48. The number of aromatic nitrogens is 1. The largest absolute Gasteiger partial charge is 0.478 e. The van der Waals surface area contributed by atoms with Crippen molar-refractivity contribution in [1.82, 2.24) is 45.7 Å². The van der Waals surface area contributed by atoms with Crippen molar-refractivity contribution in [2.24, 2.45) is 29.6 Å². The van der Waals surface area contributed by atoms with Crippen molar-refractivity contribution in [3.63, 3.8) is 0 Å². The van der Waals surface area contributed by atoms with E-state index in [0.29, 0.717) is 47.5 Å². The van der Waals surface area contributed by atoms with E-state index in [1.165, 1.54) is 17.9 Å². The maximum Gasteiger partial charge on any atom is 0.409 e. The molecule has 1 aromatic heterocycles. The van der Waals surface area contributed by atoms with Crippen LogP contribution in [0.5, 0.6) is 5.75 Å². The molecule has 0 saturated carbocycles. The van der Waals surface area contributed by atoms with Crippen LogP contribution in [0.3, 0.4) is 0 Å². The number of rotatable bonds is 24. The number of carboxylic acid groups (broad SMARTS) is 1. The molecule has 2 heterocycles. The Hall–Kier alpha value is -8.41. The van der Waals surface area contributed by atoms with E-state index >= 15 is 0 Å². The summed E-state index contributed by atoms with van der Waals surface area (Å²) in [6.45, 7) is 18.5. The molecule has 1 aromatic carbocycles. The molecule has 0 spiro atoms. The number of aliphatic carboxylic acids is 1. The predicted octanol–water partition coefficient (Wildman–Crippen LogP) is 7.04. The SMILES string of the molecule is CCC[C@H](Cc1ccc2c(c1)CC(=O)C(C)CC(=O)C(C(C)C)NC(=O)CCOCCCC(=O)CCN(C(=O)/C=C\C(C)=O)N(C(=O)/C=C\C(=O)O)CCC(=O)NCCOCCC(=O)O2)NC(=O)c1csc([C@@H](C[C@H](C(C)C)N(C)C(=O)[C@@H](CC(=O)C(C)(C)N(C)C)[C@@H](C)CC)OC(=O)N(C)C)n1. The number of nitrogens with one attached hydrogen (secondary N) is 3. The van der Waals surface area contributed by atoms with E-state index in [2.05, 4.69) is 16.0 Å². The summed E-state index contributed by atoms with van der Waals surface area (Å²) >= 11 is 1.13. The number of amides is 7. The highest BCUT2D eigenvalue weighted by molar-refractivity contribution is 7.09. The van der Waals surface area contributed by atoms with Gasteiger partial charge in [-0.05, 0) is 89.6 Å². The van der Waals surface area contributed by atoms with E-state index < -0.39 is 120 Å². The van der Waals surface area contributed by atoms with Crippen molar-refractivity contribution in [2.45, 2.75) is 196 Å². The lowest BCUT2D eigenvalue weighted by Gasteiger charge is -2.38. The Labute approximate surface area is 610 Å². The minimum Gasteiger partial charge on any atom is -0.478 e. The number of hydrogen-bond acceptors (Lipinski definition) is 21. The highest BCUT2D eigenvalue weighted by Gasteiger charge is 2.40. The second-order valence-electron chi connectivity index (χ2n) is 27.7. The summed E-state index contributed by atoms with van der Waals surface area (Å²) in [5.74, 6) is -9.82. The molecule has 0 aliphatic carbocycles. The van der Waals surface area contributed by atoms with Crippen LogP contribution >= 0.6 is 11.3 Å². The standard InChI is InChI=1S/C74H111N9O19S/c1-17-20-53(76-70(96)56-45-103-71(77-56)61(102-73(98)79(12)13)44-57(46(3)4)81(16)72(97)55(48(7)18-2)43-62(88)74(10,11)80(14)15)41-51-23-24-60-52(40-51)42-58(86)49(8)39-59(87)69(47(5)6)78-64(90)30-36-99-35-19-21-54(85)28-33-82(65(91)25-22-50(9)84)83(66(92)26-27-67(93)94)34-29-63(89)75-32-38-100-37-31-68(95)101-60/h22-27,40,45-49,53,55,57,61,69H,17-21,28-39,41-44H2,1-16H3,(H,75,89)(H,76,96)(H,78,90)(H,93,94)/b25-22-,27-26-/t48-,49?,53+,55-,57+,61+,69?/m0/s1. The average molecular weight is 1460 g/mol. The van der Waals surface area contributed by atoms with E-state index in [4.69, 9.17) is 23.9 Å². The number of esters is 1. The lowest BCUT2D eigenvalue weighted by atomic mass is 9.81. The minimum absolute atomic E-state index is 0.0403. The molecule has 0 radical (unpaired) electrons. The van der Waals surface area contributed by atoms with Crippen LogP contribution in [0.4, 0.5) is 4.79 Å². The summed E-state index contributed by atoms with van der Waals surface area (Å²) in [4.78, 5) is 197. The maximum atomic E-state index is 14.6. The second kappa shape index (κ2) is 44.3. The first kappa shape index (κ1) is 88.8.